The summed E-state index contributed by atoms with van der Waals surface area (Å²) in [6.07, 6.45) is 0. The lowest BCUT2D eigenvalue weighted by molar-refractivity contribution is 0.632. The van der Waals surface area contributed by atoms with Gasteiger partial charge in [0, 0.05) is 27.8 Å². The van der Waals surface area contributed by atoms with Crippen molar-refractivity contribution in [1.29, 1.82) is 0 Å². The van der Waals surface area contributed by atoms with Gasteiger partial charge >= 0.3 is 0 Å². The fraction of sp³-hybridized carbons (Fsp3) is 0. The molecule has 0 saturated heterocycles. The van der Waals surface area contributed by atoms with Gasteiger partial charge < -0.3 is 9.32 Å². The third-order valence-corrected chi connectivity index (χ3v) is 8.27. The molecule has 0 N–H and O–H groups in total. The van der Waals surface area contributed by atoms with Crippen LogP contribution in [0.25, 0.3) is 55.3 Å². The van der Waals surface area contributed by atoms with Crippen LogP contribution in [0.2, 0.25) is 0 Å². The summed E-state index contributed by atoms with van der Waals surface area (Å²) in [6, 6.07) is 62.0. The molecule has 0 bridgehead atoms. The van der Waals surface area contributed by atoms with Crippen LogP contribution < -0.4 is 4.90 Å². The van der Waals surface area contributed by atoms with E-state index >= 15 is 0 Å². The van der Waals surface area contributed by atoms with Crippen LogP contribution in [0.4, 0.5) is 17.1 Å². The Hall–Kier alpha value is -5.86. The summed E-state index contributed by atoms with van der Waals surface area (Å²) in [5.74, 6) is 0.857. The van der Waals surface area contributed by atoms with Gasteiger partial charge in [0.2, 0.25) is 0 Å². The standard InChI is InChI=1S/C42H29NO/c1-3-16-31(17-4-1)35-21-9-12-24-38(35)43(34-28-27-30-15-7-8-20-33(30)29-34)39-25-13-10-22-36(39)42-41(32-18-5-2-6-19-32)37-23-11-14-26-40(37)44-42/h1-29H. The minimum absolute atomic E-state index is 0.857. The molecule has 0 aliphatic rings. The number of rotatable bonds is 6. The van der Waals surface area contributed by atoms with Gasteiger partial charge in [-0.2, -0.15) is 0 Å². The van der Waals surface area contributed by atoms with Crippen LogP contribution in [0.15, 0.2) is 180 Å². The third-order valence-electron chi connectivity index (χ3n) is 8.27. The van der Waals surface area contributed by atoms with Gasteiger partial charge in [-0.15, -0.1) is 0 Å². The highest BCUT2D eigenvalue weighted by Crippen LogP contribution is 2.48. The molecule has 0 unspecified atom stereocenters. The van der Waals surface area contributed by atoms with Gasteiger partial charge in [0.25, 0.3) is 0 Å². The topological polar surface area (TPSA) is 16.4 Å². The Morgan fingerprint density at radius 2 is 0.977 bits per heavy atom. The second kappa shape index (κ2) is 11.1. The Bertz CT molecular complexity index is 2230. The first kappa shape index (κ1) is 25.8. The fourth-order valence-electron chi connectivity index (χ4n) is 6.24. The Balaban J connectivity index is 1.43. The molecule has 2 heteroatoms. The van der Waals surface area contributed by atoms with E-state index in [1.54, 1.807) is 0 Å². The van der Waals surface area contributed by atoms with Gasteiger partial charge in [-0.25, -0.2) is 0 Å². The molecule has 8 rings (SSSR count). The second-order valence-corrected chi connectivity index (χ2v) is 10.9. The summed E-state index contributed by atoms with van der Waals surface area (Å²) in [7, 11) is 0. The van der Waals surface area contributed by atoms with Crippen molar-refractivity contribution in [2.24, 2.45) is 0 Å². The van der Waals surface area contributed by atoms with Crippen LogP contribution in [-0.2, 0) is 0 Å². The smallest absolute Gasteiger partial charge is 0.145 e. The number of hydrogen-bond donors (Lipinski definition) is 0. The van der Waals surface area contributed by atoms with Crippen molar-refractivity contribution in [2.45, 2.75) is 0 Å². The van der Waals surface area contributed by atoms with Crippen molar-refractivity contribution in [3.8, 4) is 33.6 Å². The van der Waals surface area contributed by atoms with Crippen LogP contribution in [0.3, 0.4) is 0 Å². The summed E-state index contributed by atoms with van der Waals surface area (Å²) >= 11 is 0. The second-order valence-electron chi connectivity index (χ2n) is 10.9. The molecular weight excluding hydrogens is 534 g/mol. The predicted octanol–water partition coefficient (Wildman–Crippen LogP) is 12.1. The zero-order chi connectivity index (χ0) is 29.3. The minimum atomic E-state index is 0.857. The van der Waals surface area contributed by atoms with E-state index in [9.17, 15) is 0 Å². The fourth-order valence-corrected chi connectivity index (χ4v) is 6.24. The lowest BCUT2D eigenvalue weighted by Crippen LogP contribution is -2.12. The number of nitrogens with zero attached hydrogens (tertiary/aromatic N) is 1. The first-order valence-corrected chi connectivity index (χ1v) is 14.9. The van der Waals surface area contributed by atoms with Crippen LogP contribution in [0, 0.1) is 0 Å². The van der Waals surface area contributed by atoms with Crippen molar-refractivity contribution < 1.29 is 4.42 Å². The van der Waals surface area contributed by atoms with Gasteiger partial charge in [-0.3, -0.25) is 0 Å². The molecule has 1 heterocycles. The molecule has 0 fully saturated rings. The summed E-state index contributed by atoms with van der Waals surface area (Å²) in [6.45, 7) is 0. The first-order chi connectivity index (χ1) is 21.8. The third kappa shape index (κ3) is 4.54. The van der Waals surface area contributed by atoms with Crippen molar-refractivity contribution in [3.63, 3.8) is 0 Å². The molecule has 0 atom stereocenters. The maximum absolute atomic E-state index is 6.76. The van der Waals surface area contributed by atoms with E-state index in [4.69, 9.17) is 4.42 Å². The molecule has 44 heavy (non-hydrogen) atoms. The van der Waals surface area contributed by atoms with Gasteiger partial charge in [-0.05, 0) is 58.3 Å². The van der Waals surface area contributed by atoms with Crippen molar-refractivity contribution in [3.05, 3.63) is 176 Å². The van der Waals surface area contributed by atoms with Gasteiger partial charge in [0.1, 0.15) is 11.3 Å². The molecule has 1 aromatic heterocycles. The first-order valence-electron chi connectivity index (χ1n) is 14.9. The van der Waals surface area contributed by atoms with E-state index < -0.39 is 0 Å². The number of furan rings is 1. The lowest BCUT2D eigenvalue weighted by atomic mass is 9.96. The van der Waals surface area contributed by atoms with Gasteiger partial charge in [-0.1, -0.05) is 140 Å². The molecule has 0 spiro atoms. The number of fused-ring (bicyclic) bond motifs is 2. The number of para-hydroxylation sites is 3. The molecule has 0 saturated carbocycles. The van der Waals surface area contributed by atoms with Gasteiger partial charge in [0.15, 0.2) is 0 Å². The number of benzene rings is 7. The van der Waals surface area contributed by atoms with Crippen LogP contribution in [-0.4, -0.2) is 0 Å². The monoisotopic (exact) mass is 563 g/mol. The van der Waals surface area contributed by atoms with E-state index in [1.807, 2.05) is 6.07 Å². The summed E-state index contributed by atoms with van der Waals surface area (Å²) in [4.78, 5) is 2.38. The lowest BCUT2D eigenvalue weighted by Gasteiger charge is -2.30. The average Bonchev–Trinajstić information content (AvgIpc) is 3.49. The molecule has 2 nitrogen and oxygen atoms in total. The highest BCUT2D eigenvalue weighted by molar-refractivity contribution is 6.05. The van der Waals surface area contributed by atoms with E-state index in [-0.39, 0.29) is 0 Å². The molecule has 208 valence electrons. The van der Waals surface area contributed by atoms with E-state index in [0.29, 0.717) is 0 Å². The molecule has 0 radical (unpaired) electrons. The minimum Gasteiger partial charge on any atom is -0.455 e. The SMILES string of the molecule is c1ccc(-c2ccccc2N(c2ccc3ccccc3c2)c2ccccc2-c2oc3ccccc3c2-c2ccccc2)cc1. The normalized spacial score (nSPS) is 11.2. The zero-order valence-electron chi connectivity index (χ0n) is 24.1. The van der Waals surface area contributed by atoms with E-state index in [1.165, 1.54) is 16.3 Å². The van der Waals surface area contributed by atoms with Crippen molar-refractivity contribution in [2.75, 3.05) is 4.90 Å². The molecule has 7 aromatic carbocycles. The number of anilines is 3. The zero-order valence-corrected chi connectivity index (χ0v) is 24.1. The molecule has 0 amide bonds. The van der Waals surface area contributed by atoms with Crippen LogP contribution in [0.1, 0.15) is 0 Å². The highest BCUT2D eigenvalue weighted by atomic mass is 16.3. The average molecular weight is 564 g/mol. The van der Waals surface area contributed by atoms with Crippen molar-refractivity contribution >= 4 is 38.8 Å². The van der Waals surface area contributed by atoms with Crippen LogP contribution in [0.5, 0.6) is 0 Å². The van der Waals surface area contributed by atoms with Gasteiger partial charge in [0.05, 0.1) is 11.4 Å². The predicted molar refractivity (Wildman–Crippen MR) is 185 cm³/mol. The maximum atomic E-state index is 6.76. The van der Waals surface area contributed by atoms with Crippen molar-refractivity contribution in [1.82, 2.24) is 0 Å². The summed E-state index contributed by atoms with van der Waals surface area (Å²) in [5, 5.41) is 3.51. The Morgan fingerprint density at radius 3 is 1.75 bits per heavy atom. The molecule has 0 aliphatic carbocycles. The molecule has 8 aromatic rings. The maximum Gasteiger partial charge on any atom is 0.145 e. The summed E-state index contributed by atoms with van der Waals surface area (Å²) in [5.41, 5.74) is 9.67. The quantitative estimate of drug-likeness (QED) is 0.200. The molecular formula is C42H29NO. The van der Waals surface area contributed by atoms with E-state index in [0.717, 1.165) is 56.0 Å². The largest absolute Gasteiger partial charge is 0.455 e. The summed E-state index contributed by atoms with van der Waals surface area (Å²) < 4.78 is 6.76. The highest BCUT2D eigenvalue weighted by Gasteiger charge is 2.25. The Labute approximate surface area is 257 Å². The van der Waals surface area contributed by atoms with Crippen LogP contribution >= 0.6 is 0 Å². The Kier molecular flexibility index (Phi) is 6.51. The Morgan fingerprint density at radius 1 is 0.409 bits per heavy atom. The molecule has 0 aliphatic heterocycles. The number of hydrogen-bond acceptors (Lipinski definition) is 2. The van der Waals surface area contributed by atoms with E-state index in [2.05, 4.69) is 175 Å².